The minimum atomic E-state index is -0.595. The fourth-order valence-electron chi connectivity index (χ4n) is 2.60. The average Bonchev–Trinajstić information content (AvgIpc) is 2.73. The molecular weight excluding hydrogens is 443 g/mol. The summed E-state index contributed by atoms with van der Waals surface area (Å²) in [7, 11) is 0. The lowest BCUT2D eigenvalue weighted by Crippen LogP contribution is -2.13. The van der Waals surface area contributed by atoms with Gasteiger partial charge in [-0.3, -0.25) is 4.79 Å². The summed E-state index contributed by atoms with van der Waals surface area (Å²) in [6.07, 6.45) is 1.39. The van der Waals surface area contributed by atoms with Crippen molar-refractivity contribution in [2.75, 3.05) is 5.32 Å². The molecule has 0 aromatic heterocycles. The lowest BCUT2D eigenvalue weighted by Gasteiger charge is -2.11. The summed E-state index contributed by atoms with van der Waals surface area (Å²) in [5, 5.41) is 12.9. The Morgan fingerprint density at radius 2 is 1.60 bits per heavy atom. The van der Waals surface area contributed by atoms with E-state index in [2.05, 4.69) is 5.32 Å². The number of carbonyl (C=O) groups excluding carboxylic acids is 1. The van der Waals surface area contributed by atoms with Crippen LogP contribution in [-0.4, -0.2) is 5.91 Å². The number of nitrogens with zero attached hydrogens (tertiary/aromatic N) is 1. The normalized spacial score (nSPS) is 10.9. The molecule has 0 heterocycles. The molecule has 0 atom stereocenters. The van der Waals surface area contributed by atoms with Crippen LogP contribution in [0.15, 0.2) is 72.3 Å². The van der Waals surface area contributed by atoms with Crippen LogP contribution in [0.2, 0.25) is 15.1 Å². The summed E-state index contributed by atoms with van der Waals surface area (Å²) in [6.45, 7) is 0.305. The molecular formula is C23H15Cl3N2O2. The van der Waals surface area contributed by atoms with Gasteiger partial charge < -0.3 is 10.1 Å². The van der Waals surface area contributed by atoms with E-state index in [4.69, 9.17) is 39.5 Å². The molecule has 30 heavy (non-hydrogen) atoms. The van der Waals surface area contributed by atoms with E-state index in [1.54, 1.807) is 36.4 Å². The van der Waals surface area contributed by atoms with Crippen LogP contribution < -0.4 is 10.1 Å². The first kappa shape index (κ1) is 21.7. The van der Waals surface area contributed by atoms with Gasteiger partial charge in [0.25, 0.3) is 5.91 Å². The standard InChI is InChI=1S/C23H15Cl3N2O2/c24-18-8-4-5-9-21(18)28-23(29)17(13-27)10-16-11-19(25)22(20(26)12-16)30-14-15-6-2-1-3-7-15/h1-12H,14H2,(H,28,29). The van der Waals surface area contributed by atoms with Gasteiger partial charge in [-0.05, 0) is 41.5 Å². The number of amides is 1. The zero-order valence-corrected chi connectivity index (χ0v) is 17.8. The molecule has 0 fully saturated rings. The highest BCUT2D eigenvalue weighted by atomic mass is 35.5. The third-order valence-corrected chi connectivity index (χ3v) is 4.94. The number of carbonyl (C=O) groups is 1. The van der Waals surface area contributed by atoms with Gasteiger partial charge in [0.1, 0.15) is 18.2 Å². The predicted octanol–water partition coefficient (Wildman–Crippen LogP) is 6.77. The molecule has 3 aromatic carbocycles. The molecule has 0 spiro atoms. The monoisotopic (exact) mass is 456 g/mol. The molecule has 7 heteroatoms. The van der Waals surface area contributed by atoms with Crippen LogP contribution in [0.25, 0.3) is 6.08 Å². The maximum atomic E-state index is 12.4. The second-order valence-corrected chi connectivity index (χ2v) is 7.41. The lowest BCUT2D eigenvalue weighted by molar-refractivity contribution is -0.112. The molecule has 3 rings (SSSR count). The molecule has 1 N–H and O–H groups in total. The molecule has 0 aliphatic carbocycles. The largest absolute Gasteiger partial charge is 0.486 e. The number of nitriles is 1. The van der Waals surface area contributed by atoms with Gasteiger partial charge in [0.05, 0.1) is 20.8 Å². The number of hydrogen-bond donors (Lipinski definition) is 1. The van der Waals surface area contributed by atoms with Gasteiger partial charge in [0, 0.05) is 0 Å². The van der Waals surface area contributed by atoms with E-state index in [1.807, 2.05) is 36.4 Å². The summed E-state index contributed by atoms with van der Waals surface area (Å²) >= 11 is 18.7. The van der Waals surface area contributed by atoms with E-state index < -0.39 is 5.91 Å². The van der Waals surface area contributed by atoms with E-state index in [9.17, 15) is 10.1 Å². The van der Waals surface area contributed by atoms with Crippen molar-refractivity contribution >= 4 is 52.5 Å². The summed E-state index contributed by atoms with van der Waals surface area (Å²) in [6, 6.07) is 21.4. The first-order valence-electron chi connectivity index (χ1n) is 8.81. The summed E-state index contributed by atoms with van der Waals surface area (Å²) < 4.78 is 5.74. The Balaban J connectivity index is 1.79. The van der Waals surface area contributed by atoms with Crippen LogP contribution in [0.4, 0.5) is 5.69 Å². The predicted molar refractivity (Wildman–Crippen MR) is 121 cm³/mol. The van der Waals surface area contributed by atoms with Gasteiger partial charge in [-0.2, -0.15) is 5.26 Å². The first-order valence-corrected chi connectivity index (χ1v) is 9.95. The molecule has 0 bridgehead atoms. The van der Waals surface area contributed by atoms with Crippen molar-refractivity contribution in [3.05, 3.63) is 98.5 Å². The van der Waals surface area contributed by atoms with Gasteiger partial charge in [0.2, 0.25) is 0 Å². The minimum Gasteiger partial charge on any atom is -0.486 e. The Hall–Kier alpha value is -2.97. The number of ether oxygens (including phenoxy) is 1. The van der Waals surface area contributed by atoms with Crippen molar-refractivity contribution in [2.45, 2.75) is 6.61 Å². The number of halogens is 3. The summed E-state index contributed by atoms with van der Waals surface area (Å²) in [5.41, 5.74) is 1.74. The Morgan fingerprint density at radius 1 is 0.967 bits per heavy atom. The van der Waals surface area contributed by atoms with Gasteiger partial charge >= 0.3 is 0 Å². The van der Waals surface area contributed by atoms with Crippen molar-refractivity contribution in [2.24, 2.45) is 0 Å². The molecule has 0 aliphatic heterocycles. The van der Waals surface area contributed by atoms with E-state index >= 15 is 0 Å². The number of nitrogens with one attached hydrogen (secondary N) is 1. The molecule has 3 aromatic rings. The van der Waals surface area contributed by atoms with Gasteiger partial charge in [-0.1, -0.05) is 77.3 Å². The maximum Gasteiger partial charge on any atom is 0.266 e. The van der Waals surface area contributed by atoms with E-state index in [0.29, 0.717) is 28.6 Å². The van der Waals surface area contributed by atoms with Crippen molar-refractivity contribution < 1.29 is 9.53 Å². The quantitative estimate of drug-likeness (QED) is 0.328. The molecule has 0 radical (unpaired) electrons. The average molecular weight is 458 g/mol. The number of para-hydroxylation sites is 1. The molecule has 4 nitrogen and oxygen atoms in total. The van der Waals surface area contributed by atoms with Gasteiger partial charge in [0.15, 0.2) is 5.75 Å². The van der Waals surface area contributed by atoms with Crippen LogP contribution >= 0.6 is 34.8 Å². The van der Waals surface area contributed by atoms with Crippen LogP contribution in [0, 0.1) is 11.3 Å². The second-order valence-electron chi connectivity index (χ2n) is 6.19. The second kappa shape index (κ2) is 10.2. The van der Waals surface area contributed by atoms with Crippen LogP contribution in [-0.2, 0) is 11.4 Å². The summed E-state index contributed by atoms with van der Waals surface area (Å²) in [5.74, 6) is -0.263. The van der Waals surface area contributed by atoms with Crippen LogP contribution in [0.3, 0.4) is 0 Å². The first-order chi connectivity index (χ1) is 14.5. The highest BCUT2D eigenvalue weighted by molar-refractivity contribution is 6.37. The van der Waals surface area contributed by atoms with Crippen molar-refractivity contribution in [3.8, 4) is 11.8 Å². The number of benzene rings is 3. The molecule has 0 aliphatic rings. The third-order valence-electron chi connectivity index (χ3n) is 4.04. The highest BCUT2D eigenvalue weighted by Crippen LogP contribution is 2.35. The zero-order valence-electron chi connectivity index (χ0n) is 15.5. The Bertz CT molecular complexity index is 1120. The van der Waals surface area contributed by atoms with E-state index in [0.717, 1.165) is 5.56 Å². The maximum absolute atomic E-state index is 12.4. The molecule has 150 valence electrons. The molecule has 0 saturated carbocycles. The van der Waals surface area contributed by atoms with Gasteiger partial charge in [-0.25, -0.2) is 0 Å². The SMILES string of the molecule is N#CC(=Cc1cc(Cl)c(OCc2ccccc2)c(Cl)c1)C(=O)Nc1ccccc1Cl. The van der Waals surface area contributed by atoms with Crippen molar-refractivity contribution in [1.82, 2.24) is 0 Å². The van der Waals surface area contributed by atoms with E-state index in [-0.39, 0.29) is 15.6 Å². The number of hydrogen-bond acceptors (Lipinski definition) is 3. The lowest BCUT2D eigenvalue weighted by atomic mass is 10.1. The third kappa shape index (κ3) is 5.55. The zero-order chi connectivity index (χ0) is 21.5. The topological polar surface area (TPSA) is 62.1 Å². The Labute approximate surface area is 189 Å². The Morgan fingerprint density at radius 3 is 2.23 bits per heavy atom. The fourth-order valence-corrected chi connectivity index (χ4v) is 3.39. The number of anilines is 1. The van der Waals surface area contributed by atoms with Crippen LogP contribution in [0.5, 0.6) is 5.75 Å². The fraction of sp³-hybridized carbons (Fsp3) is 0.0435. The highest BCUT2D eigenvalue weighted by Gasteiger charge is 2.14. The number of rotatable bonds is 6. The smallest absolute Gasteiger partial charge is 0.266 e. The molecule has 0 saturated heterocycles. The molecule has 0 unspecified atom stereocenters. The minimum absolute atomic E-state index is 0.125. The van der Waals surface area contributed by atoms with Gasteiger partial charge in [-0.15, -0.1) is 0 Å². The van der Waals surface area contributed by atoms with E-state index in [1.165, 1.54) is 6.08 Å². The van der Waals surface area contributed by atoms with Crippen molar-refractivity contribution in [1.29, 1.82) is 5.26 Å². The van der Waals surface area contributed by atoms with Crippen molar-refractivity contribution in [3.63, 3.8) is 0 Å². The summed E-state index contributed by atoms with van der Waals surface area (Å²) in [4.78, 5) is 12.4. The van der Waals surface area contributed by atoms with Crippen LogP contribution in [0.1, 0.15) is 11.1 Å². The Kier molecular flexibility index (Phi) is 7.37. The molecule has 1 amide bonds.